The van der Waals surface area contributed by atoms with E-state index in [1.165, 1.54) is 9.60 Å². The molecule has 2 unspecified atom stereocenters. The molecule has 28 heavy (non-hydrogen) atoms. The van der Waals surface area contributed by atoms with Gasteiger partial charge in [-0.2, -0.15) is 0 Å². The molecule has 2 fully saturated rings. The first kappa shape index (κ1) is 17.5. The van der Waals surface area contributed by atoms with Gasteiger partial charge in [-0.05, 0) is 43.7 Å². The summed E-state index contributed by atoms with van der Waals surface area (Å²) in [6, 6.07) is 17.1. The molecule has 0 aliphatic carbocycles. The van der Waals surface area contributed by atoms with Gasteiger partial charge in [0.05, 0.1) is 33.4 Å². The Labute approximate surface area is 167 Å². The van der Waals surface area contributed by atoms with Crippen molar-refractivity contribution in [2.75, 3.05) is 18.0 Å². The third-order valence-corrected chi connectivity index (χ3v) is 6.89. The number of rotatable bonds is 3. The SMILES string of the molecule is O=C1CC(N2CCCC(c3nc4ccccc4s3)C2)C(=O)N1c1ccccc1. The molecule has 2 saturated heterocycles. The van der Waals surface area contributed by atoms with Crippen molar-refractivity contribution in [3.63, 3.8) is 0 Å². The van der Waals surface area contributed by atoms with Gasteiger partial charge < -0.3 is 0 Å². The van der Waals surface area contributed by atoms with Gasteiger partial charge in [0.15, 0.2) is 0 Å². The average Bonchev–Trinajstić information content (AvgIpc) is 3.29. The molecule has 2 aliphatic heterocycles. The lowest BCUT2D eigenvalue weighted by molar-refractivity contribution is -0.123. The highest BCUT2D eigenvalue weighted by Crippen LogP contribution is 2.35. The smallest absolute Gasteiger partial charge is 0.251 e. The molecule has 0 bridgehead atoms. The van der Waals surface area contributed by atoms with E-state index in [2.05, 4.69) is 11.0 Å². The summed E-state index contributed by atoms with van der Waals surface area (Å²) >= 11 is 1.75. The Kier molecular flexibility index (Phi) is 4.45. The maximum absolute atomic E-state index is 13.1. The van der Waals surface area contributed by atoms with Crippen molar-refractivity contribution < 1.29 is 9.59 Å². The zero-order chi connectivity index (χ0) is 19.1. The van der Waals surface area contributed by atoms with Crippen LogP contribution in [0, 0.1) is 0 Å². The van der Waals surface area contributed by atoms with Crippen molar-refractivity contribution in [3.8, 4) is 0 Å². The number of imide groups is 1. The number of piperidine rings is 1. The fourth-order valence-corrected chi connectivity index (χ4v) is 5.40. The first-order valence-corrected chi connectivity index (χ1v) is 10.5. The second-order valence-electron chi connectivity index (χ2n) is 7.48. The molecule has 5 nitrogen and oxygen atoms in total. The predicted octanol–water partition coefficient (Wildman–Crippen LogP) is 3.81. The quantitative estimate of drug-likeness (QED) is 0.637. The van der Waals surface area contributed by atoms with Crippen LogP contribution in [0.2, 0.25) is 0 Å². The standard InChI is InChI=1S/C22H21N3O2S/c26-20-13-18(22(27)25(20)16-8-2-1-3-9-16)24-12-6-7-15(14-24)21-23-17-10-4-5-11-19(17)28-21/h1-5,8-11,15,18H,6-7,12-14H2. The summed E-state index contributed by atoms with van der Waals surface area (Å²) in [6.45, 7) is 1.64. The largest absolute Gasteiger partial charge is 0.291 e. The fraction of sp³-hybridized carbons (Fsp3) is 0.318. The van der Waals surface area contributed by atoms with E-state index >= 15 is 0 Å². The maximum atomic E-state index is 13.1. The summed E-state index contributed by atoms with van der Waals surface area (Å²) in [5.41, 5.74) is 1.71. The van der Waals surface area contributed by atoms with E-state index in [0.717, 1.165) is 36.5 Å². The Bertz CT molecular complexity index is 999. The number of benzene rings is 2. The number of para-hydroxylation sites is 2. The average molecular weight is 391 g/mol. The minimum Gasteiger partial charge on any atom is -0.291 e. The number of thiazole rings is 1. The van der Waals surface area contributed by atoms with Gasteiger partial charge in [-0.25, -0.2) is 9.88 Å². The Morgan fingerprint density at radius 1 is 1.00 bits per heavy atom. The van der Waals surface area contributed by atoms with Crippen LogP contribution in [0.3, 0.4) is 0 Å². The van der Waals surface area contributed by atoms with Crippen molar-refractivity contribution in [2.24, 2.45) is 0 Å². The molecule has 2 aliphatic rings. The monoisotopic (exact) mass is 391 g/mol. The van der Waals surface area contributed by atoms with Crippen LogP contribution < -0.4 is 4.90 Å². The van der Waals surface area contributed by atoms with Gasteiger partial charge in [0.2, 0.25) is 5.91 Å². The number of amides is 2. The molecule has 0 saturated carbocycles. The minimum absolute atomic E-state index is 0.0962. The van der Waals surface area contributed by atoms with Crippen molar-refractivity contribution in [3.05, 3.63) is 59.6 Å². The van der Waals surface area contributed by atoms with Crippen LogP contribution in [0.4, 0.5) is 5.69 Å². The first-order valence-electron chi connectivity index (χ1n) is 9.72. The predicted molar refractivity (Wildman–Crippen MR) is 111 cm³/mol. The molecular weight excluding hydrogens is 370 g/mol. The zero-order valence-corrected chi connectivity index (χ0v) is 16.3. The Balaban J connectivity index is 1.36. The van der Waals surface area contributed by atoms with Gasteiger partial charge in [-0.3, -0.25) is 14.5 Å². The molecule has 3 heterocycles. The molecule has 142 valence electrons. The topological polar surface area (TPSA) is 53.5 Å². The summed E-state index contributed by atoms with van der Waals surface area (Å²) < 4.78 is 1.21. The molecule has 2 amide bonds. The number of aromatic nitrogens is 1. The van der Waals surface area contributed by atoms with Gasteiger partial charge in [0.1, 0.15) is 0 Å². The van der Waals surface area contributed by atoms with Gasteiger partial charge in [0.25, 0.3) is 5.91 Å². The van der Waals surface area contributed by atoms with Crippen molar-refractivity contribution >= 4 is 39.1 Å². The number of hydrogen-bond donors (Lipinski definition) is 0. The molecular formula is C22H21N3O2S. The number of carbonyl (C=O) groups is 2. The van der Waals surface area contributed by atoms with Crippen LogP contribution in [-0.4, -0.2) is 40.8 Å². The molecule has 0 spiro atoms. The van der Waals surface area contributed by atoms with Crippen molar-refractivity contribution in [1.29, 1.82) is 0 Å². The van der Waals surface area contributed by atoms with E-state index in [-0.39, 0.29) is 24.3 Å². The summed E-state index contributed by atoms with van der Waals surface area (Å²) in [5.74, 6) is 0.115. The molecule has 2 atom stereocenters. The van der Waals surface area contributed by atoms with Crippen LogP contribution >= 0.6 is 11.3 Å². The third-order valence-electron chi connectivity index (χ3n) is 5.69. The number of hydrogen-bond acceptors (Lipinski definition) is 5. The molecule has 3 aromatic rings. The molecule has 2 aromatic carbocycles. The lowest BCUT2D eigenvalue weighted by Crippen LogP contribution is -2.46. The zero-order valence-electron chi connectivity index (χ0n) is 15.5. The fourth-order valence-electron chi connectivity index (χ4n) is 4.31. The molecule has 6 heteroatoms. The van der Waals surface area contributed by atoms with E-state index in [1.807, 2.05) is 48.5 Å². The van der Waals surface area contributed by atoms with Crippen LogP contribution in [-0.2, 0) is 9.59 Å². The van der Waals surface area contributed by atoms with E-state index in [9.17, 15) is 9.59 Å². The summed E-state index contributed by atoms with van der Waals surface area (Å²) in [4.78, 5) is 34.0. The van der Waals surface area contributed by atoms with Gasteiger partial charge in [0, 0.05) is 12.5 Å². The van der Waals surface area contributed by atoms with Gasteiger partial charge >= 0.3 is 0 Å². The highest BCUT2D eigenvalue weighted by atomic mass is 32.1. The van der Waals surface area contributed by atoms with Crippen molar-refractivity contribution in [2.45, 2.75) is 31.2 Å². The van der Waals surface area contributed by atoms with Crippen LogP contribution in [0.1, 0.15) is 30.2 Å². The highest BCUT2D eigenvalue weighted by Gasteiger charge is 2.44. The Morgan fingerprint density at radius 3 is 2.61 bits per heavy atom. The lowest BCUT2D eigenvalue weighted by Gasteiger charge is -2.34. The first-order chi connectivity index (χ1) is 13.7. The van der Waals surface area contributed by atoms with Gasteiger partial charge in [-0.1, -0.05) is 30.3 Å². The Morgan fingerprint density at radius 2 is 1.79 bits per heavy atom. The molecule has 0 N–H and O–H groups in total. The second kappa shape index (κ2) is 7.11. The second-order valence-corrected chi connectivity index (χ2v) is 8.54. The van der Waals surface area contributed by atoms with E-state index in [1.54, 1.807) is 11.3 Å². The van der Waals surface area contributed by atoms with E-state index in [4.69, 9.17) is 4.98 Å². The summed E-state index contributed by atoms with van der Waals surface area (Å²) in [7, 11) is 0. The Hall–Kier alpha value is -2.57. The van der Waals surface area contributed by atoms with Crippen LogP contribution in [0.15, 0.2) is 54.6 Å². The summed E-state index contributed by atoms with van der Waals surface area (Å²) in [6.07, 6.45) is 2.36. The van der Waals surface area contributed by atoms with Gasteiger partial charge in [-0.15, -0.1) is 11.3 Å². The van der Waals surface area contributed by atoms with Crippen LogP contribution in [0.5, 0.6) is 0 Å². The van der Waals surface area contributed by atoms with E-state index in [0.29, 0.717) is 11.6 Å². The third kappa shape index (κ3) is 3.02. The normalized spacial score (nSPS) is 23.6. The molecule has 1 aromatic heterocycles. The maximum Gasteiger partial charge on any atom is 0.251 e. The molecule has 0 radical (unpaired) electrons. The number of carbonyl (C=O) groups excluding carboxylic acids is 2. The number of likely N-dealkylation sites (tertiary alicyclic amines) is 1. The van der Waals surface area contributed by atoms with Crippen molar-refractivity contribution in [1.82, 2.24) is 9.88 Å². The lowest BCUT2D eigenvalue weighted by atomic mass is 9.97. The number of fused-ring (bicyclic) bond motifs is 1. The minimum atomic E-state index is -0.357. The number of anilines is 1. The number of nitrogens with zero attached hydrogens (tertiary/aromatic N) is 3. The van der Waals surface area contributed by atoms with E-state index < -0.39 is 0 Å². The molecule has 5 rings (SSSR count). The summed E-state index contributed by atoms with van der Waals surface area (Å²) in [5, 5.41) is 1.14. The highest BCUT2D eigenvalue weighted by molar-refractivity contribution is 7.18. The van der Waals surface area contributed by atoms with Crippen LogP contribution in [0.25, 0.3) is 10.2 Å².